The molecule has 0 saturated carbocycles. The number of likely N-dealkylation sites (tertiary alicyclic amines) is 1. The topological polar surface area (TPSA) is 89.0 Å². The molecule has 2 saturated heterocycles. The monoisotopic (exact) mass is 451 g/mol. The van der Waals surface area contributed by atoms with Crippen LogP contribution in [0.1, 0.15) is 19.3 Å². The van der Waals surface area contributed by atoms with Crippen LogP contribution in [-0.2, 0) is 4.79 Å². The third-order valence-electron chi connectivity index (χ3n) is 6.80. The smallest absolute Gasteiger partial charge is 0.321 e. The van der Waals surface area contributed by atoms with E-state index in [1.807, 2.05) is 59.6 Å². The lowest BCUT2D eigenvalue weighted by Gasteiger charge is -2.40. The zero-order valence-electron chi connectivity index (χ0n) is 19.0. The molecule has 33 heavy (non-hydrogen) atoms. The number of piperazine rings is 1. The number of carboxylic acids is 1. The van der Waals surface area contributed by atoms with Crippen molar-refractivity contribution in [2.75, 3.05) is 56.0 Å². The first-order valence-electron chi connectivity index (χ1n) is 11.8. The molecular formula is C25H33N5O3. The normalized spacial score (nSPS) is 21.6. The maximum atomic E-state index is 12.8. The predicted octanol–water partition coefficient (Wildman–Crippen LogP) is 3.24. The number of nitrogens with zero attached hydrogens (tertiary/aromatic N) is 4. The number of anilines is 2. The second kappa shape index (κ2) is 11.1. The van der Waals surface area contributed by atoms with Crippen LogP contribution in [0, 0.1) is 11.8 Å². The molecule has 8 heteroatoms. The van der Waals surface area contributed by atoms with Gasteiger partial charge in [0, 0.05) is 57.6 Å². The minimum absolute atomic E-state index is 0.107. The highest BCUT2D eigenvalue weighted by Crippen LogP contribution is 2.30. The summed E-state index contributed by atoms with van der Waals surface area (Å²) < 4.78 is 0. The highest BCUT2D eigenvalue weighted by Gasteiger charge is 2.33. The number of nitrogens with one attached hydrogen (secondary N) is 1. The van der Waals surface area contributed by atoms with Gasteiger partial charge in [-0.2, -0.15) is 0 Å². The molecule has 1 aromatic carbocycles. The van der Waals surface area contributed by atoms with Crippen molar-refractivity contribution in [1.82, 2.24) is 14.8 Å². The molecule has 0 radical (unpaired) electrons. The van der Waals surface area contributed by atoms with Crippen LogP contribution in [0.4, 0.5) is 16.3 Å². The number of rotatable bonds is 7. The zero-order valence-corrected chi connectivity index (χ0v) is 19.0. The maximum absolute atomic E-state index is 12.8. The molecule has 2 N–H and O–H groups in total. The first kappa shape index (κ1) is 23.0. The number of carbonyl (C=O) groups is 2. The fourth-order valence-corrected chi connectivity index (χ4v) is 4.90. The van der Waals surface area contributed by atoms with E-state index in [4.69, 9.17) is 0 Å². The second-order valence-electron chi connectivity index (χ2n) is 8.95. The summed E-state index contributed by atoms with van der Waals surface area (Å²) in [6.45, 7) is 5.92. The Balaban J connectivity index is 1.30. The molecular weight excluding hydrogens is 418 g/mol. The SMILES string of the molecule is O=C(O)CC1CCN(C(=O)Nc2ccccc2)CC1CCN1CCN(c2ccccn2)CC1. The van der Waals surface area contributed by atoms with E-state index in [9.17, 15) is 14.7 Å². The highest BCUT2D eigenvalue weighted by molar-refractivity contribution is 5.89. The molecule has 0 aliphatic carbocycles. The van der Waals surface area contributed by atoms with Crippen molar-refractivity contribution < 1.29 is 14.7 Å². The molecule has 8 nitrogen and oxygen atoms in total. The van der Waals surface area contributed by atoms with Crippen molar-refractivity contribution in [3.05, 3.63) is 54.7 Å². The summed E-state index contributed by atoms with van der Waals surface area (Å²) >= 11 is 0. The minimum atomic E-state index is -0.754. The van der Waals surface area contributed by atoms with Crippen LogP contribution >= 0.6 is 0 Å². The summed E-state index contributed by atoms with van der Waals surface area (Å²) in [4.78, 5) is 35.3. The second-order valence-corrected chi connectivity index (χ2v) is 8.95. The molecule has 0 bridgehead atoms. The van der Waals surface area contributed by atoms with Gasteiger partial charge in [0.1, 0.15) is 5.82 Å². The molecule has 1 aromatic heterocycles. The van der Waals surface area contributed by atoms with Crippen molar-refractivity contribution >= 4 is 23.5 Å². The van der Waals surface area contributed by atoms with Crippen LogP contribution in [0.25, 0.3) is 0 Å². The molecule has 176 valence electrons. The lowest BCUT2D eigenvalue weighted by molar-refractivity contribution is -0.139. The number of piperidine rings is 1. The molecule has 4 rings (SSSR count). The van der Waals surface area contributed by atoms with Gasteiger partial charge in [0.2, 0.25) is 0 Å². The van der Waals surface area contributed by atoms with Gasteiger partial charge in [-0.25, -0.2) is 9.78 Å². The fraction of sp³-hybridized carbons (Fsp3) is 0.480. The Bertz CT molecular complexity index is 903. The Morgan fingerprint density at radius 3 is 2.42 bits per heavy atom. The lowest BCUT2D eigenvalue weighted by atomic mass is 9.81. The summed E-state index contributed by atoms with van der Waals surface area (Å²) in [6, 6.07) is 15.3. The Morgan fingerprint density at radius 1 is 0.970 bits per heavy atom. The summed E-state index contributed by atoms with van der Waals surface area (Å²) in [5.74, 6) is 0.561. The van der Waals surface area contributed by atoms with Crippen LogP contribution in [0.15, 0.2) is 54.7 Å². The quantitative estimate of drug-likeness (QED) is 0.672. The van der Waals surface area contributed by atoms with Crippen LogP contribution in [0.2, 0.25) is 0 Å². The average molecular weight is 452 g/mol. The Hall–Kier alpha value is -3.13. The van der Waals surface area contributed by atoms with Gasteiger partial charge in [0.05, 0.1) is 0 Å². The number of urea groups is 1. The highest BCUT2D eigenvalue weighted by atomic mass is 16.4. The Morgan fingerprint density at radius 2 is 1.73 bits per heavy atom. The number of carbonyl (C=O) groups excluding carboxylic acids is 1. The zero-order chi connectivity index (χ0) is 23.0. The molecule has 2 atom stereocenters. The van der Waals surface area contributed by atoms with Gasteiger partial charge in [-0.3, -0.25) is 9.69 Å². The van der Waals surface area contributed by atoms with Crippen LogP contribution in [0.5, 0.6) is 0 Å². The van der Waals surface area contributed by atoms with Gasteiger partial charge < -0.3 is 20.2 Å². The summed E-state index contributed by atoms with van der Waals surface area (Å²) in [6.07, 6.45) is 3.63. The maximum Gasteiger partial charge on any atom is 0.321 e. The van der Waals surface area contributed by atoms with E-state index in [-0.39, 0.29) is 24.3 Å². The van der Waals surface area contributed by atoms with E-state index in [0.29, 0.717) is 13.1 Å². The third kappa shape index (κ3) is 6.44. The molecule has 2 amide bonds. The molecule has 2 fully saturated rings. The average Bonchev–Trinajstić information content (AvgIpc) is 2.84. The van der Waals surface area contributed by atoms with Crippen LogP contribution in [0.3, 0.4) is 0 Å². The van der Waals surface area contributed by atoms with Gasteiger partial charge in [-0.15, -0.1) is 0 Å². The number of hydrogen-bond donors (Lipinski definition) is 2. The first-order chi connectivity index (χ1) is 16.1. The molecule has 0 spiro atoms. The number of para-hydroxylation sites is 1. The molecule has 2 aliphatic rings. The van der Waals surface area contributed by atoms with Crippen LogP contribution in [-0.4, -0.2) is 77.7 Å². The van der Waals surface area contributed by atoms with Crippen molar-refractivity contribution in [2.45, 2.75) is 19.3 Å². The number of pyridine rings is 1. The van der Waals surface area contributed by atoms with Gasteiger partial charge in [0.25, 0.3) is 0 Å². The summed E-state index contributed by atoms with van der Waals surface area (Å²) in [5.41, 5.74) is 0.775. The number of benzene rings is 1. The number of aliphatic carboxylic acids is 1. The van der Waals surface area contributed by atoms with E-state index in [1.165, 1.54) is 0 Å². The van der Waals surface area contributed by atoms with Crippen molar-refractivity contribution in [1.29, 1.82) is 0 Å². The van der Waals surface area contributed by atoms with Gasteiger partial charge in [0.15, 0.2) is 0 Å². The number of carboxylic acid groups (broad SMARTS) is 1. The van der Waals surface area contributed by atoms with E-state index in [1.54, 1.807) is 0 Å². The molecule has 2 unspecified atom stereocenters. The van der Waals surface area contributed by atoms with E-state index in [2.05, 4.69) is 20.1 Å². The van der Waals surface area contributed by atoms with Gasteiger partial charge in [-0.1, -0.05) is 24.3 Å². The van der Waals surface area contributed by atoms with Gasteiger partial charge in [-0.05, 0) is 55.5 Å². The Labute approximate surface area is 195 Å². The molecule has 2 aliphatic heterocycles. The van der Waals surface area contributed by atoms with E-state index < -0.39 is 5.97 Å². The van der Waals surface area contributed by atoms with Crippen LogP contribution < -0.4 is 10.2 Å². The van der Waals surface area contributed by atoms with Crippen molar-refractivity contribution in [2.24, 2.45) is 11.8 Å². The van der Waals surface area contributed by atoms with Crippen molar-refractivity contribution in [3.63, 3.8) is 0 Å². The largest absolute Gasteiger partial charge is 0.481 e. The number of aromatic nitrogens is 1. The standard InChI is InChI=1S/C25H33N5O3/c31-24(32)18-20-10-13-30(25(33)27-22-6-2-1-3-7-22)19-21(20)9-12-28-14-16-29(17-15-28)23-8-4-5-11-26-23/h1-8,11,20-21H,9-10,12-19H2,(H,27,33)(H,31,32). The van der Waals surface area contributed by atoms with E-state index in [0.717, 1.165) is 57.1 Å². The molecule has 3 heterocycles. The lowest BCUT2D eigenvalue weighted by Crippen LogP contribution is -2.49. The third-order valence-corrected chi connectivity index (χ3v) is 6.80. The minimum Gasteiger partial charge on any atom is -0.481 e. The fourth-order valence-electron chi connectivity index (χ4n) is 4.90. The van der Waals surface area contributed by atoms with E-state index >= 15 is 0 Å². The summed E-state index contributed by atoms with van der Waals surface area (Å²) in [5, 5.41) is 12.4. The first-order valence-corrected chi connectivity index (χ1v) is 11.8. The predicted molar refractivity (Wildman–Crippen MR) is 128 cm³/mol. The summed E-state index contributed by atoms with van der Waals surface area (Å²) in [7, 11) is 0. The van der Waals surface area contributed by atoms with Crippen molar-refractivity contribution in [3.8, 4) is 0 Å². The number of hydrogen-bond acceptors (Lipinski definition) is 5. The molecule has 2 aromatic rings. The number of amides is 2. The van der Waals surface area contributed by atoms with Gasteiger partial charge >= 0.3 is 12.0 Å². The Kier molecular flexibility index (Phi) is 7.78.